The zero-order valence-electron chi connectivity index (χ0n) is 19.7. The molecule has 3 aliphatic rings. The molecule has 4 atom stereocenters. The monoisotopic (exact) mass is 485 g/mol. The van der Waals surface area contributed by atoms with Crippen molar-refractivity contribution < 1.29 is 39.6 Å². The molecular formula is C24H27N3O8. The molecule has 186 valence electrons. The summed E-state index contributed by atoms with van der Waals surface area (Å²) < 4.78 is 0. The van der Waals surface area contributed by atoms with E-state index in [0.29, 0.717) is 17.5 Å². The summed E-state index contributed by atoms with van der Waals surface area (Å²) in [5.74, 6) is -7.33. The molecule has 0 heterocycles. The highest BCUT2D eigenvalue weighted by Gasteiger charge is 2.64. The first-order chi connectivity index (χ1) is 16.3. The Morgan fingerprint density at radius 1 is 1.17 bits per heavy atom. The molecule has 35 heavy (non-hydrogen) atoms. The molecule has 2 unspecified atom stereocenters. The van der Waals surface area contributed by atoms with Gasteiger partial charge in [0.2, 0.25) is 5.78 Å². The minimum atomic E-state index is -2.70. The van der Waals surface area contributed by atoms with E-state index in [0.717, 1.165) is 0 Å². The van der Waals surface area contributed by atoms with Gasteiger partial charge in [0.25, 0.3) is 5.91 Å². The third-order valence-electron chi connectivity index (χ3n) is 7.34. The number of rotatable bonds is 4. The Balaban J connectivity index is 2.02. The van der Waals surface area contributed by atoms with Gasteiger partial charge in [-0.3, -0.25) is 24.1 Å². The molecule has 1 aromatic carbocycles. The summed E-state index contributed by atoms with van der Waals surface area (Å²) in [6.45, 7) is 0. The number of anilines is 1. The molecule has 11 heteroatoms. The fourth-order valence-electron chi connectivity index (χ4n) is 5.80. The van der Waals surface area contributed by atoms with Gasteiger partial charge in [-0.2, -0.15) is 0 Å². The number of likely N-dealkylation sites (N-methyl/N-ethyl adjacent to an activating group) is 1. The molecule has 0 aliphatic heterocycles. The summed E-state index contributed by atoms with van der Waals surface area (Å²) in [6, 6.07) is 0.326. The summed E-state index contributed by atoms with van der Waals surface area (Å²) in [5, 5.41) is 44.3. The number of primary amides is 1. The number of amides is 1. The van der Waals surface area contributed by atoms with Gasteiger partial charge in [0, 0.05) is 31.3 Å². The van der Waals surface area contributed by atoms with Crippen LogP contribution in [0.15, 0.2) is 23.0 Å². The van der Waals surface area contributed by atoms with Crippen LogP contribution in [0, 0.1) is 11.8 Å². The van der Waals surface area contributed by atoms with Crippen molar-refractivity contribution in [3.8, 4) is 5.75 Å². The average molecular weight is 485 g/mol. The zero-order chi connectivity index (χ0) is 26.1. The SMILES string of the molecule is CN(C)c1cc(C=O)c(O)c2c1CC1CC3[C@H](N(C)C)C(=O)C(C(N)=O)=C(O)[C@@]3(O)C(=O)C1=C2O. The Morgan fingerprint density at radius 2 is 1.80 bits per heavy atom. The molecule has 6 N–H and O–H groups in total. The maximum absolute atomic E-state index is 13.8. The maximum Gasteiger partial charge on any atom is 0.255 e. The maximum atomic E-state index is 13.8. The molecule has 11 nitrogen and oxygen atoms in total. The van der Waals surface area contributed by atoms with Gasteiger partial charge in [-0.25, -0.2) is 0 Å². The fourth-order valence-corrected chi connectivity index (χ4v) is 5.80. The highest BCUT2D eigenvalue weighted by molar-refractivity contribution is 6.24. The second kappa shape index (κ2) is 7.92. The van der Waals surface area contributed by atoms with E-state index in [2.05, 4.69) is 0 Å². The Kier molecular flexibility index (Phi) is 5.53. The quantitative estimate of drug-likeness (QED) is 0.284. The standard InChI is InChI=1S/C24H27N3O8/c1-26(2)13-7-10(8-28)18(29)15-11(13)5-9-6-12-17(27(3)4)20(31)16(23(25)34)22(33)24(12,35)21(32)14(9)19(15)30/h7-9,12,17,29-30,33,35H,5-6H2,1-4H3,(H2,25,34)/t9?,12?,17-,24-/m0/s1. The van der Waals surface area contributed by atoms with Crippen LogP contribution in [-0.4, -0.2) is 88.9 Å². The Labute approximate surface area is 200 Å². The zero-order valence-corrected chi connectivity index (χ0v) is 19.7. The highest BCUT2D eigenvalue weighted by atomic mass is 16.3. The Hall–Kier alpha value is -3.70. The number of aliphatic hydroxyl groups excluding tert-OH is 2. The van der Waals surface area contributed by atoms with Gasteiger partial charge in [-0.1, -0.05) is 0 Å². The number of aromatic hydroxyl groups is 1. The van der Waals surface area contributed by atoms with Crippen molar-refractivity contribution in [1.82, 2.24) is 4.90 Å². The van der Waals surface area contributed by atoms with Gasteiger partial charge in [0.15, 0.2) is 17.7 Å². The van der Waals surface area contributed by atoms with E-state index < -0.39 is 63.8 Å². The smallest absolute Gasteiger partial charge is 0.255 e. The third kappa shape index (κ3) is 3.11. The topological polar surface area (TPSA) is 182 Å². The number of phenolic OH excluding ortho intramolecular Hbond substituents is 1. The average Bonchev–Trinajstić information content (AvgIpc) is 2.75. The number of Topliss-reactive ketones (excluding diaryl/α,β-unsaturated/α-hetero) is 2. The summed E-state index contributed by atoms with van der Waals surface area (Å²) >= 11 is 0. The number of phenols is 1. The van der Waals surface area contributed by atoms with Crippen LogP contribution >= 0.6 is 0 Å². The molecular weight excluding hydrogens is 458 g/mol. The van der Waals surface area contributed by atoms with Crippen LogP contribution in [0.2, 0.25) is 0 Å². The molecule has 0 spiro atoms. The van der Waals surface area contributed by atoms with Crippen LogP contribution in [0.3, 0.4) is 0 Å². The van der Waals surface area contributed by atoms with Crippen LogP contribution in [-0.2, 0) is 20.8 Å². The molecule has 4 rings (SSSR count). The van der Waals surface area contributed by atoms with E-state index in [4.69, 9.17) is 5.73 Å². The number of nitrogens with two attached hydrogens (primary N) is 1. The highest BCUT2D eigenvalue weighted by Crippen LogP contribution is 2.53. The summed E-state index contributed by atoms with van der Waals surface area (Å²) in [4.78, 5) is 53.6. The minimum Gasteiger partial charge on any atom is -0.508 e. The van der Waals surface area contributed by atoms with E-state index in [1.54, 1.807) is 19.0 Å². The Morgan fingerprint density at radius 3 is 2.31 bits per heavy atom. The van der Waals surface area contributed by atoms with E-state index >= 15 is 0 Å². The predicted molar refractivity (Wildman–Crippen MR) is 124 cm³/mol. The van der Waals surface area contributed by atoms with Crippen molar-refractivity contribution in [3.63, 3.8) is 0 Å². The lowest BCUT2D eigenvalue weighted by molar-refractivity contribution is -0.153. The number of hydrogen-bond donors (Lipinski definition) is 5. The normalized spacial score (nSPS) is 28.0. The van der Waals surface area contributed by atoms with Crippen LogP contribution in [0.25, 0.3) is 5.76 Å². The number of ketones is 2. The number of benzene rings is 1. The molecule has 1 fully saturated rings. The van der Waals surface area contributed by atoms with Crippen LogP contribution in [0.4, 0.5) is 5.69 Å². The van der Waals surface area contributed by atoms with Crippen LogP contribution in [0.1, 0.15) is 27.9 Å². The van der Waals surface area contributed by atoms with E-state index in [1.165, 1.54) is 25.1 Å². The number of aliphatic hydroxyl groups is 3. The number of carbonyl (C=O) groups is 4. The van der Waals surface area contributed by atoms with Gasteiger partial charge < -0.3 is 31.1 Å². The van der Waals surface area contributed by atoms with Crippen molar-refractivity contribution >= 4 is 35.2 Å². The van der Waals surface area contributed by atoms with E-state index in [-0.39, 0.29) is 29.5 Å². The van der Waals surface area contributed by atoms with Crippen LogP contribution < -0.4 is 10.6 Å². The number of hydrogen-bond acceptors (Lipinski definition) is 10. The second-order valence-electron chi connectivity index (χ2n) is 9.66. The first-order valence-electron chi connectivity index (χ1n) is 10.9. The predicted octanol–water partition coefficient (Wildman–Crippen LogP) is -0.157. The third-order valence-corrected chi connectivity index (χ3v) is 7.34. The molecule has 0 aromatic heterocycles. The lowest BCUT2D eigenvalue weighted by atomic mass is 9.57. The van der Waals surface area contributed by atoms with Crippen molar-refractivity contribution in [1.29, 1.82) is 0 Å². The number of nitrogens with zero attached hydrogens (tertiary/aromatic N) is 2. The summed E-state index contributed by atoms with van der Waals surface area (Å²) in [5.41, 5.74) is 2.28. The Bertz CT molecular complexity index is 1260. The first kappa shape index (κ1) is 24.4. The van der Waals surface area contributed by atoms with E-state index in [9.17, 15) is 39.6 Å². The molecule has 1 amide bonds. The van der Waals surface area contributed by atoms with E-state index in [1.807, 2.05) is 0 Å². The molecule has 3 aliphatic carbocycles. The lowest BCUT2D eigenvalue weighted by Crippen LogP contribution is -2.65. The number of carbonyl (C=O) groups excluding carboxylic acids is 4. The number of fused-ring (bicyclic) bond motifs is 3. The largest absolute Gasteiger partial charge is 0.508 e. The minimum absolute atomic E-state index is 0.00513. The van der Waals surface area contributed by atoms with Crippen molar-refractivity contribution in [2.24, 2.45) is 17.6 Å². The number of aldehydes is 1. The van der Waals surface area contributed by atoms with Gasteiger partial charge in [-0.15, -0.1) is 0 Å². The van der Waals surface area contributed by atoms with Crippen molar-refractivity contribution in [2.75, 3.05) is 33.1 Å². The van der Waals surface area contributed by atoms with Gasteiger partial charge in [-0.05, 0) is 44.5 Å². The van der Waals surface area contributed by atoms with Crippen LogP contribution in [0.5, 0.6) is 5.75 Å². The summed E-state index contributed by atoms with van der Waals surface area (Å²) in [7, 11) is 6.52. The van der Waals surface area contributed by atoms with Crippen molar-refractivity contribution in [2.45, 2.75) is 24.5 Å². The molecule has 0 saturated heterocycles. The second-order valence-corrected chi connectivity index (χ2v) is 9.66. The van der Waals surface area contributed by atoms with Gasteiger partial charge >= 0.3 is 0 Å². The molecule has 1 saturated carbocycles. The molecule has 0 bridgehead atoms. The fraction of sp³-hybridized carbons (Fsp3) is 0.417. The van der Waals surface area contributed by atoms with Gasteiger partial charge in [0.05, 0.1) is 17.2 Å². The molecule has 1 aromatic rings. The first-order valence-corrected chi connectivity index (χ1v) is 10.9. The molecule has 0 radical (unpaired) electrons. The lowest BCUT2D eigenvalue weighted by Gasteiger charge is -2.50. The summed E-state index contributed by atoms with van der Waals surface area (Å²) in [6.07, 6.45) is 0.560. The van der Waals surface area contributed by atoms with Gasteiger partial charge in [0.1, 0.15) is 22.8 Å². The van der Waals surface area contributed by atoms with Crippen molar-refractivity contribution in [3.05, 3.63) is 39.7 Å².